The van der Waals surface area contributed by atoms with Crippen LogP contribution in [0.2, 0.25) is 0 Å². The van der Waals surface area contributed by atoms with Crippen molar-refractivity contribution in [3.05, 3.63) is 11.8 Å². The maximum Gasteiger partial charge on any atom is 0.414 e. The molecule has 1 aliphatic rings. The summed E-state index contributed by atoms with van der Waals surface area (Å²) in [5, 5.41) is 0. The Kier molecular flexibility index (Phi) is 6.16. The third-order valence-electron chi connectivity index (χ3n) is 3.04. The average Bonchev–Trinajstić information content (AvgIpc) is 2.30. The Balaban J connectivity index is 2.33. The Bertz CT molecular complexity index is 258. The Morgan fingerprint density at radius 3 is 2.62 bits per heavy atom. The van der Waals surface area contributed by atoms with Gasteiger partial charge in [-0.2, -0.15) is 0 Å². The van der Waals surface area contributed by atoms with Crippen LogP contribution in [0.15, 0.2) is 11.8 Å². The van der Waals surface area contributed by atoms with Gasteiger partial charge in [0.1, 0.15) is 5.76 Å². The zero-order valence-corrected chi connectivity index (χ0v) is 12.2. The van der Waals surface area contributed by atoms with E-state index in [1.807, 2.05) is 11.8 Å². The number of halogens is 1. The lowest BCUT2D eigenvalue weighted by atomic mass is 9.95. The van der Waals surface area contributed by atoms with Crippen LogP contribution in [0.5, 0.6) is 0 Å². The second kappa shape index (κ2) is 7.14. The number of nitrogens with zero attached hydrogens (tertiary/aromatic N) is 1. The van der Waals surface area contributed by atoms with Crippen molar-refractivity contribution in [3.8, 4) is 0 Å². The zero-order valence-electron chi connectivity index (χ0n) is 10.0. The van der Waals surface area contributed by atoms with Crippen LogP contribution in [0.1, 0.15) is 33.1 Å². The fraction of sp³-hybridized carbons (Fsp3) is 0.750. The maximum absolute atomic E-state index is 11.7. The second-order valence-corrected chi connectivity index (χ2v) is 5.25. The molecule has 1 amide bonds. The number of alkyl halides is 1. The number of allylic oxidation sites excluding steroid dienone is 2. The molecule has 1 rings (SSSR count). The molecule has 0 spiro atoms. The van der Waals surface area contributed by atoms with Crippen LogP contribution >= 0.6 is 22.6 Å². The van der Waals surface area contributed by atoms with Crippen molar-refractivity contribution in [2.75, 3.05) is 17.5 Å². The molecule has 3 nitrogen and oxygen atoms in total. The molecule has 1 aliphatic heterocycles. The number of amides is 1. The normalized spacial score (nSPS) is 18.7. The Hall–Kier alpha value is -0.260. The van der Waals surface area contributed by atoms with Crippen molar-refractivity contribution in [1.29, 1.82) is 0 Å². The molecule has 0 bridgehead atoms. The summed E-state index contributed by atoms with van der Waals surface area (Å²) in [6.45, 7) is 5.37. The lowest BCUT2D eigenvalue weighted by Crippen LogP contribution is -2.38. The van der Waals surface area contributed by atoms with Crippen molar-refractivity contribution in [2.24, 2.45) is 5.92 Å². The van der Waals surface area contributed by atoms with Crippen LogP contribution in [0.3, 0.4) is 0 Å². The van der Waals surface area contributed by atoms with Crippen molar-refractivity contribution in [1.82, 2.24) is 4.90 Å². The minimum Gasteiger partial charge on any atom is -0.415 e. The molecule has 92 valence electrons. The molecule has 0 N–H and O–H groups in total. The molecule has 16 heavy (non-hydrogen) atoms. The minimum atomic E-state index is -0.191. The molecule has 0 saturated carbocycles. The van der Waals surface area contributed by atoms with Gasteiger partial charge in [-0.15, -0.1) is 0 Å². The Morgan fingerprint density at radius 2 is 2.12 bits per heavy atom. The van der Waals surface area contributed by atoms with Crippen LogP contribution in [-0.4, -0.2) is 28.5 Å². The average molecular weight is 337 g/mol. The van der Waals surface area contributed by atoms with E-state index in [-0.39, 0.29) is 6.09 Å². The fourth-order valence-corrected chi connectivity index (χ4v) is 2.70. The molecule has 0 aromatic heterocycles. The quantitative estimate of drug-likeness (QED) is 0.448. The largest absolute Gasteiger partial charge is 0.415 e. The number of hydrogen-bond acceptors (Lipinski definition) is 2. The zero-order chi connectivity index (χ0) is 12.0. The number of rotatable bonds is 3. The van der Waals surface area contributed by atoms with Crippen LogP contribution in [0.4, 0.5) is 4.79 Å². The summed E-state index contributed by atoms with van der Waals surface area (Å²) in [5.74, 6) is 1.48. The molecule has 0 atom stereocenters. The summed E-state index contributed by atoms with van der Waals surface area (Å²) in [6.07, 6.45) is 5.13. The molecule has 0 unspecified atom stereocenters. The van der Waals surface area contributed by atoms with Gasteiger partial charge in [0.25, 0.3) is 0 Å². The highest BCUT2D eigenvalue weighted by molar-refractivity contribution is 14.1. The summed E-state index contributed by atoms with van der Waals surface area (Å²) in [5.41, 5.74) is 0. The predicted octanol–water partition coefficient (Wildman–Crippen LogP) is 3.58. The molecule has 0 aromatic rings. The first-order chi connectivity index (χ1) is 7.67. The first-order valence-corrected chi connectivity index (χ1v) is 7.35. The van der Waals surface area contributed by atoms with Crippen molar-refractivity contribution in [3.63, 3.8) is 0 Å². The van der Waals surface area contributed by atoms with E-state index in [2.05, 4.69) is 22.6 Å². The van der Waals surface area contributed by atoms with Gasteiger partial charge in [-0.1, -0.05) is 22.6 Å². The first kappa shape index (κ1) is 13.8. The van der Waals surface area contributed by atoms with E-state index < -0.39 is 0 Å². The standard InChI is InChI=1S/C12H20INO2/c1-3-10(2)16-12(15)14-8-5-11(4-7-13)6-9-14/h3,11H,4-9H2,1-2H3/b10-3+. The number of carbonyl (C=O) groups is 1. The van der Waals surface area contributed by atoms with Gasteiger partial charge < -0.3 is 9.64 Å². The highest BCUT2D eigenvalue weighted by Crippen LogP contribution is 2.22. The molecular formula is C12H20INO2. The van der Waals surface area contributed by atoms with E-state index in [4.69, 9.17) is 4.74 Å². The van der Waals surface area contributed by atoms with Gasteiger partial charge in [-0.05, 0) is 49.5 Å². The van der Waals surface area contributed by atoms with Crippen LogP contribution in [0.25, 0.3) is 0 Å². The molecular weight excluding hydrogens is 317 g/mol. The molecule has 0 aliphatic carbocycles. The smallest absolute Gasteiger partial charge is 0.414 e. The number of carbonyl (C=O) groups excluding carboxylic acids is 1. The van der Waals surface area contributed by atoms with E-state index in [9.17, 15) is 4.79 Å². The van der Waals surface area contributed by atoms with E-state index in [0.29, 0.717) is 5.76 Å². The topological polar surface area (TPSA) is 29.5 Å². The Labute approximate surface area is 111 Å². The van der Waals surface area contributed by atoms with E-state index >= 15 is 0 Å². The highest BCUT2D eigenvalue weighted by Gasteiger charge is 2.23. The number of hydrogen-bond donors (Lipinski definition) is 0. The van der Waals surface area contributed by atoms with Gasteiger partial charge in [0.15, 0.2) is 0 Å². The third kappa shape index (κ3) is 4.31. The SMILES string of the molecule is C/C=C(\C)OC(=O)N1CCC(CCI)CC1. The van der Waals surface area contributed by atoms with Gasteiger partial charge >= 0.3 is 6.09 Å². The maximum atomic E-state index is 11.7. The van der Waals surface area contributed by atoms with Crippen LogP contribution in [-0.2, 0) is 4.74 Å². The Morgan fingerprint density at radius 1 is 1.50 bits per heavy atom. The summed E-state index contributed by atoms with van der Waals surface area (Å²) in [4.78, 5) is 13.5. The van der Waals surface area contributed by atoms with Gasteiger partial charge in [0.05, 0.1) is 0 Å². The van der Waals surface area contributed by atoms with Crippen molar-refractivity contribution < 1.29 is 9.53 Å². The molecule has 1 fully saturated rings. The predicted molar refractivity (Wildman–Crippen MR) is 73.7 cm³/mol. The fourth-order valence-electron chi connectivity index (χ4n) is 1.82. The van der Waals surface area contributed by atoms with E-state index in [1.54, 1.807) is 13.0 Å². The van der Waals surface area contributed by atoms with Crippen LogP contribution < -0.4 is 0 Å². The van der Waals surface area contributed by atoms with Crippen LogP contribution in [0, 0.1) is 5.92 Å². The van der Waals surface area contributed by atoms with E-state index in [0.717, 1.165) is 31.8 Å². The molecule has 1 heterocycles. The molecule has 4 heteroatoms. The summed E-state index contributed by atoms with van der Waals surface area (Å²) in [6, 6.07) is 0. The first-order valence-electron chi connectivity index (χ1n) is 5.83. The van der Waals surface area contributed by atoms with Gasteiger partial charge in [0, 0.05) is 13.1 Å². The monoisotopic (exact) mass is 337 g/mol. The van der Waals surface area contributed by atoms with Gasteiger partial charge in [-0.25, -0.2) is 4.79 Å². The summed E-state index contributed by atoms with van der Waals surface area (Å²) in [7, 11) is 0. The highest BCUT2D eigenvalue weighted by atomic mass is 127. The number of likely N-dealkylation sites (tertiary alicyclic amines) is 1. The summed E-state index contributed by atoms with van der Waals surface area (Å²) >= 11 is 2.42. The number of piperidine rings is 1. The third-order valence-corrected chi connectivity index (χ3v) is 3.67. The molecule has 0 aromatic carbocycles. The molecule has 1 saturated heterocycles. The van der Waals surface area contributed by atoms with Crippen molar-refractivity contribution in [2.45, 2.75) is 33.1 Å². The molecule has 0 radical (unpaired) electrons. The van der Waals surface area contributed by atoms with Gasteiger partial charge in [0.2, 0.25) is 0 Å². The van der Waals surface area contributed by atoms with Crippen molar-refractivity contribution >= 4 is 28.7 Å². The lowest BCUT2D eigenvalue weighted by Gasteiger charge is -2.31. The minimum absolute atomic E-state index is 0.191. The lowest BCUT2D eigenvalue weighted by molar-refractivity contribution is 0.110. The van der Waals surface area contributed by atoms with E-state index in [1.165, 1.54) is 10.8 Å². The second-order valence-electron chi connectivity index (χ2n) is 4.18. The summed E-state index contributed by atoms with van der Waals surface area (Å²) < 4.78 is 6.39. The number of ether oxygens (including phenoxy) is 1. The van der Waals surface area contributed by atoms with Gasteiger partial charge in [-0.3, -0.25) is 0 Å².